The van der Waals surface area contributed by atoms with Gasteiger partial charge in [0, 0.05) is 23.5 Å². The van der Waals surface area contributed by atoms with Crippen molar-refractivity contribution in [2.75, 3.05) is 6.61 Å². The molecule has 0 bridgehead atoms. The van der Waals surface area contributed by atoms with Crippen LogP contribution in [0.5, 0.6) is 0 Å². The molecule has 3 rings (SSSR count). The molecule has 0 spiro atoms. The van der Waals surface area contributed by atoms with Gasteiger partial charge in [-0.2, -0.15) is 0 Å². The number of aromatic nitrogens is 2. The second-order valence-corrected chi connectivity index (χ2v) is 6.88. The highest BCUT2D eigenvalue weighted by Gasteiger charge is 2.18. The molecule has 0 aliphatic heterocycles. The van der Waals surface area contributed by atoms with Gasteiger partial charge >= 0.3 is 5.97 Å². The van der Waals surface area contributed by atoms with Crippen molar-refractivity contribution in [2.45, 2.75) is 26.9 Å². The monoisotopic (exact) mass is 413 g/mol. The number of rotatable bonds is 6. The number of pyridine rings is 2. The maximum absolute atomic E-state index is 12.7. The molecule has 0 unspecified atom stereocenters. The number of benzene rings is 1. The Morgan fingerprint density at radius 2 is 1.90 bits per heavy atom. The largest absolute Gasteiger partial charge is 0.462 e. The van der Waals surface area contributed by atoms with E-state index < -0.39 is 11.4 Å². The lowest BCUT2D eigenvalue weighted by Gasteiger charge is -2.13. The molecule has 7 nitrogen and oxygen atoms in total. The maximum Gasteiger partial charge on any atom is 0.343 e. The van der Waals surface area contributed by atoms with E-state index in [4.69, 9.17) is 16.3 Å². The number of amides is 1. The van der Waals surface area contributed by atoms with Crippen molar-refractivity contribution in [2.24, 2.45) is 0 Å². The van der Waals surface area contributed by atoms with E-state index in [1.54, 1.807) is 38.1 Å². The van der Waals surface area contributed by atoms with Gasteiger partial charge in [-0.05, 0) is 43.7 Å². The van der Waals surface area contributed by atoms with Gasteiger partial charge in [0.25, 0.3) is 0 Å². The average molecular weight is 414 g/mol. The zero-order valence-corrected chi connectivity index (χ0v) is 16.8. The lowest BCUT2D eigenvalue weighted by Crippen LogP contribution is -2.29. The fourth-order valence-electron chi connectivity index (χ4n) is 2.85. The number of halogens is 1. The summed E-state index contributed by atoms with van der Waals surface area (Å²) in [7, 11) is 0. The summed E-state index contributed by atoms with van der Waals surface area (Å²) in [5.41, 5.74) is 1.33. The topological polar surface area (TPSA) is 90.3 Å². The van der Waals surface area contributed by atoms with Crippen molar-refractivity contribution in [3.05, 3.63) is 74.7 Å². The first kappa shape index (κ1) is 20.5. The molecule has 1 N–H and O–H groups in total. The molecule has 0 atom stereocenters. The van der Waals surface area contributed by atoms with E-state index in [1.807, 2.05) is 12.1 Å². The second-order valence-electron chi connectivity index (χ2n) is 6.45. The number of carbonyl (C=O) groups excluding carboxylic acids is 2. The summed E-state index contributed by atoms with van der Waals surface area (Å²) >= 11 is 5.86. The Bertz CT molecular complexity index is 1120. The summed E-state index contributed by atoms with van der Waals surface area (Å²) in [6.07, 6.45) is 1.33. The fraction of sp³-hybridized carbons (Fsp3) is 0.238. The van der Waals surface area contributed by atoms with E-state index >= 15 is 0 Å². The van der Waals surface area contributed by atoms with Crippen molar-refractivity contribution in [3.8, 4) is 0 Å². The van der Waals surface area contributed by atoms with Crippen LogP contribution in [0.2, 0.25) is 5.02 Å². The molecule has 3 aromatic rings. The molecule has 2 heterocycles. The summed E-state index contributed by atoms with van der Waals surface area (Å²) in [6, 6.07) is 10.4. The van der Waals surface area contributed by atoms with E-state index in [2.05, 4.69) is 10.3 Å². The summed E-state index contributed by atoms with van der Waals surface area (Å²) in [5, 5.41) is 3.68. The number of carbonyl (C=O) groups is 2. The number of ether oxygens (including phenoxy) is 1. The number of hydrogen-bond donors (Lipinski definition) is 1. The minimum Gasteiger partial charge on any atom is -0.462 e. The Labute approximate surface area is 172 Å². The van der Waals surface area contributed by atoms with Crippen molar-refractivity contribution in [1.29, 1.82) is 0 Å². The number of nitrogens with zero attached hydrogens (tertiary/aromatic N) is 2. The number of hydrogen-bond acceptors (Lipinski definition) is 5. The lowest BCUT2D eigenvalue weighted by atomic mass is 10.2. The van der Waals surface area contributed by atoms with Gasteiger partial charge in [-0.1, -0.05) is 23.7 Å². The van der Waals surface area contributed by atoms with Gasteiger partial charge in [0.1, 0.15) is 17.8 Å². The van der Waals surface area contributed by atoms with Gasteiger partial charge in [-0.25, -0.2) is 9.78 Å². The molecule has 0 fully saturated rings. The van der Waals surface area contributed by atoms with Crippen LogP contribution >= 0.6 is 11.6 Å². The van der Waals surface area contributed by atoms with Crippen molar-refractivity contribution < 1.29 is 14.3 Å². The first-order valence-corrected chi connectivity index (χ1v) is 9.46. The summed E-state index contributed by atoms with van der Waals surface area (Å²) in [5.74, 6) is -1.02. The predicted octanol–water partition coefficient (Wildman–Crippen LogP) is 2.85. The molecular weight excluding hydrogens is 394 g/mol. The Balaban J connectivity index is 1.90. The third kappa shape index (κ3) is 4.81. The second kappa shape index (κ2) is 8.87. The van der Waals surface area contributed by atoms with E-state index in [0.717, 1.165) is 5.56 Å². The van der Waals surface area contributed by atoms with Crippen molar-refractivity contribution >= 4 is 34.5 Å². The third-order valence-corrected chi connectivity index (χ3v) is 4.52. The average Bonchev–Trinajstić information content (AvgIpc) is 2.69. The minimum absolute atomic E-state index is 0.104. The molecule has 8 heteroatoms. The molecule has 0 radical (unpaired) electrons. The highest BCUT2D eigenvalue weighted by Crippen LogP contribution is 2.12. The van der Waals surface area contributed by atoms with Gasteiger partial charge in [-0.15, -0.1) is 0 Å². The molecule has 1 aromatic carbocycles. The summed E-state index contributed by atoms with van der Waals surface area (Å²) < 4.78 is 6.47. The predicted molar refractivity (Wildman–Crippen MR) is 110 cm³/mol. The minimum atomic E-state index is -0.727. The van der Waals surface area contributed by atoms with Crippen LogP contribution < -0.4 is 10.7 Å². The SMILES string of the molecule is CCOC(=O)c1cn(CC(=O)NCc2ccc(Cl)cc2)c2nc(C)ccc2c1=O. The van der Waals surface area contributed by atoms with Crippen LogP contribution in [0.3, 0.4) is 0 Å². The normalized spacial score (nSPS) is 10.7. The first-order valence-electron chi connectivity index (χ1n) is 9.08. The summed E-state index contributed by atoms with van der Waals surface area (Å²) in [6.45, 7) is 3.81. The molecule has 1 amide bonds. The van der Waals surface area contributed by atoms with Crippen LogP contribution in [0.4, 0.5) is 0 Å². The molecule has 0 aliphatic rings. The van der Waals surface area contributed by atoms with Gasteiger partial charge in [0.05, 0.1) is 12.0 Å². The van der Waals surface area contributed by atoms with Crippen LogP contribution in [0.1, 0.15) is 28.5 Å². The Morgan fingerprint density at radius 1 is 1.17 bits per heavy atom. The molecular formula is C21H20ClN3O4. The molecule has 0 aliphatic carbocycles. The highest BCUT2D eigenvalue weighted by atomic mass is 35.5. The third-order valence-electron chi connectivity index (χ3n) is 4.27. The van der Waals surface area contributed by atoms with Crippen molar-refractivity contribution in [1.82, 2.24) is 14.9 Å². The van der Waals surface area contributed by atoms with Gasteiger partial charge in [0.15, 0.2) is 0 Å². The number of nitrogens with one attached hydrogen (secondary N) is 1. The molecule has 150 valence electrons. The summed E-state index contributed by atoms with van der Waals surface area (Å²) in [4.78, 5) is 41.7. The maximum atomic E-state index is 12.7. The highest BCUT2D eigenvalue weighted by molar-refractivity contribution is 6.30. The van der Waals surface area contributed by atoms with E-state index in [9.17, 15) is 14.4 Å². The van der Waals surface area contributed by atoms with Crippen LogP contribution in [-0.2, 0) is 22.6 Å². The quantitative estimate of drug-likeness (QED) is 0.627. The van der Waals surface area contributed by atoms with Crippen LogP contribution in [0.15, 0.2) is 47.4 Å². The fourth-order valence-corrected chi connectivity index (χ4v) is 2.97. The van der Waals surface area contributed by atoms with Gasteiger partial charge < -0.3 is 14.6 Å². The van der Waals surface area contributed by atoms with E-state index in [1.165, 1.54) is 10.8 Å². The zero-order valence-electron chi connectivity index (χ0n) is 16.1. The molecule has 0 saturated heterocycles. The van der Waals surface area contributed by atoms with Gasteiger partial charge in [-0.3, -0.25) is 9.59 Å². The van der Waals surface area contributed by atoms with Crippen LogP contribution in [0.25, 0.3) is 11.0 Å². The molecule has 29 heavy (non-hydrogen) atoms. The standard InChI is InChI=1S/C21H20ClN3O4/c1-3-29-21(28)17-11-25(20-16(19(17)27)9-4-13(2)24-20)12-18(26)23-10-14-5-7-15(22)8-6-14/h4-9,11H,3,10,12H2,1-2H3,(H,23,26). The van der Waals surface area contributed by atoms with Crippen LogP contribution in [0, 0.1) is 6.92 Å². The molecule has 2 aromatic heterocycles. The van der Waals surface area contributed by atoms with E-state index in [0.29, 0.717) is 22.9 Å². The first-order chi connectivity index (χ1) is 13.9. The molecule has 0 saturated carbocycles. The number of fused-ring (bicyclic) bond motifs is 1. The smallest absolute Gasteiger partial charge is 0.343 e. The van der Waals surface area contributed by atoms with Crippen molar-refractivity contribution in [3.63, 3.8) is 0 Å². The number of esters is 1. The Hall–Kier alpha value is -3.19. The van der Waals surface area contributed by atoms with Crippen LogP contribution in [-0.4, -0.2) is 28.0 Å². The Morgan fingerprint density at radius 3 is 2.59 bits per heavy atom. The van der Waals surface area contributed by atoms with E-state index in [-0.39, 0.29) is 30.0 Å². The van der Waals surface area contributed by atoms with Gasteiger partial charge in [0.2, 0.25) is 11.3 Å². The lowest BCUT2D eigenvalue weighted by molar-refractivity contribution is -0.121. The Kier molecular flexibility index (Phi) is 6.29. The zero-order chi connectivity index (χ0) is 21.0. The number of aryl methyl sites for hydroxylation is 1.